The van der Waals surface area contributed by atoms with E-state index in [-0.39, 0.29) is 0 Å². The van der Waals surface area contributed by atoms with Crippen LogP contribution in [0.5, 0.6) is 0 Å². The fourth-order valence-electron chi connectivity index (χ4n) is 6.06. The first-order valence-electron chi connectivity index (χ1n) is 12.7. The van der Waals surface area contributed by atoms with Crippen LogP contribution < -0.4 is 0 Å². The van der Waals surface area contributed by atoms with Crippen molar-refractivity contribution in [1.29, 1.82) is 0 Å². The van der Waals surface area contributed by atoms with Crippen molar-refractivity contribution in [3.8, 4) is 0 Å². The number of benzene rings is 1. The summed E-state index contributed by atoms with van der Waals surface area (Å²) in [5.74, 6) is 1.54. The monoisotopic (exact) mass is 429 g/mol. The van der Waals surface area contributed by atoms with E-state index in [0.29, 0.717) is 24.0 Å². The van der Waals surface area contributed by atoms with Crippen molar-refractivity contribution in [2.75, 3.05) is 0 Å². The summed E-state index contributed by atoms with van der Waals surface area (Å²) in [6.07, 6.45) is 20.6. The maximum Gasteiger partial charge on any atom is 0.133 e. The zero-order valence-corrected chi connectivity index (χ0v) is 20.3. The third-order valence-electron chi connectivity index (χ3n) is 7.72. The number of carbonyl (C=O) groups is 1. The number of Topliss-reactive ketones (excluding diaryl/α,β-unsaturated/α-hetero) is 1. The fourth-order valence-corrected chi connectivity index (χ4v) is 6.06. The molecule has 1 aromatic rings. The Kier molecular flexibility index (Phi) is 7.60. The lowest BCUT2D eigenvalue weighted by atomic mass is 9.84. The first-order chi connectivity index (χ1) is 15.5. The van der Waals surface area contributed by atoms with Crippen LogP contribution in [0.4, 0.5) is 0 Å². The van der Waals surface area contributed by atoms with Crippen LogP contribution >= 0.6 is 0 Å². The van der Waals surface area contributed by atoms with E-state index < -0.39 is 0 Å². The lowest BCUT2D eigenvalue weighted by Crippen LogP contribution is -2.18. The molecule has 0 saturated heterocycles. The second-order valence-electron chi connectivity index (χ2n) is 10.3. The van der Waals surface area contributed by atoms with E-state index in [0.717, 1.165) is 32.1 Å². The molecule has 0 amide bonds. The van der Waals surface area contributed by atoms with Crippen LogP contribution in [0, 0.1) is 32.6 Å². The van der Waals surface area contributed by atoms with Gasteiger partial charge in [0.2, 0.25) is 0 Å². The fraction of sp³-hybridized carbons (Fsp3) is 0.533. The third-order valence-corrected chi connectivity index (χ3v) is 7.72. The molecule has 2 aliphatic carbocycles. The predicted molar refractivity (Wildman–Crippen MR) is 135 cm³/mol. The highest BCUT2D eigenvalue weighted by Gasteiger charge is 2.27. The maximum absolute atomic E-state index is 12.9. The molecular formula is C30H39NO. The van der Waals surface area contributed by atoms with Crippen molar-refractivity contribution < 1.29 is 4.79 Å². The lowest BCUT2D eigenvalue weighted by Gasteiger charge is -2.22. The summed E-state index contributed by atoms with van der Waals surface area (Å²) < 4.78 is 0. The number of carbonyl (C=O) groups excluding carboxylic acids is 1. The number of aryl methyl sites for hydroxylation is 3. The summed E-state index contributed by atoms with van der Waals surface area (Å²) in [5, 5.41) is 0. The van der Waals surface area contributed by atoms with Gasteiger partial charge in [-0.2, -0.15) is 0 Å². The van der Waals surface area contributed by atoms with Gasteiger partial charge in [-0.1, -0.05) is 54.3 Å². The molecule has 0 radical (unpaired) electrons. The molecule has 4 rings (SSSR count). The molecule has 0 N–H and O–H groups in total. The Morgan fingerprint density at radius 2 is 1.84 bits per heavy atom. The Bertz CT molecular complexity index is 952. The van der Waals surface area contributed by atoms with Gasteiger partial charge in [0.1, 0.15) is 5.78 Å². The molecule has 0 aromatic heterocycles. The van der Waals surface area contributed by atoms with Gasteiger partial charge in [0.25, 0.3) is 0 Å². The van der Waals surface area contributed by atoms with Gasteiger partial charge in [-0.3, -0.25) is 9.79 Å². The summed E-state index contributed by atoms with van der Waals surface area (Å²) in [5.41, 5.74) is 9.65. The molecule has 0 bridgehead atoms. The van der Waals surface area contributed by atoms with Gasteiger partial charge in [0.05, 0.1) is 5.71 Å². The summed E-state index contributed by atoms with van der Waals surface area (Å²) >= 11 is 0. The lowest BCUT2D eigenvalue weighted by molar-refractivity contribution is -0.120. The Morgan fingerprint density at radius 1 is 1.03 bits per heavy atom. The van der Waals surface area contributed by atoms with Gasteiger partial charge in [0.15, 0.2) is 0 Å². The highest BCUT2D eigenvalue weighted by molar-refractivity contribution is 6.05. The molecule has 2 nitrogen and oxygen atoms in total. The van der Waals surface area contributed by atoms with Crippen molar-refractivity contribution in [2.24, 2.45) is 16.8 Å². The predicted octanol–water partition coefficient (Wildman–Crippen LogP) is 7.71. The van der Waals surface area contributed by atoms with E-state index in [9.17, 15) is 4.79 Å². The summed E-state index contributed by atoms with van der Waals surface area (Å²) in [6.45, 7) is 6.51. The second kappa shape index (κ2) is 10.6. The van der Waals surface area contributed by atoms with E-state index in [1.165, 1.54) is 65.6 Å². The van der Waals surface area contributed by atoms with Crippen LogP contribution in [-0.2, 0) is 11.2 Å². The molecule has 32 heavy (non-hydrogen) atoms. The first-order valence-corrected chi connectivity index (χ1v) is 12.7. The van der Waals surface area contributed by atoms with E-state index >= 15 is 0 Å². The zero-order valence-electron chi connectivity index (χ0n) is 20.3. The van der Waals surface area contributed by atoms with E-state index in [1.807, 2.05) is 6.20 Å². The Morgan fingerprint density at radius 3 is 2.66 bits per heavy atom. The molecule has 0 spiro atoms. The van der Waals surface area contributed by atoms with E-state index in [2.05, 4.69) is 51.1 Å². The molecule has 1 fully saturated rings. The van der Waals surface area contributed by atoms with Gasteiger partial charge < -0.3 is 0 Å². The molecule has 1 heterocycles. The van der Waals surface area contributed by atoms with Crippen LogP contribution in [0.3, 0.4) is 0 Å². The number of allylic oxidation sites excluding steroid dienone is 5. The smallest absolute Gasteiger partial charge is 0.133 e. The van der Waals surface area contributed by atoms with E-state index in [1.54, 1.807) is 5.57 Å². The van der Waals surface area contributed by atoms with Crippen LogP contribution in [0.25, 0.3) is 0 Å². The van der Waals surface area contributed by atoms with Gasteiger partial charge in [-0.25, -0.2) is 0 Å². The largest absolute Gasteiger partial charge is 0.300 e. The van der Waals surface area contributed by atoms with E-state index in [4.69, 9.17) is 4.99 Å². The van der Waals surface area contributed by atoms with Gasteiger partial charge in [-0.15, -0.1) is 0 Å². The number of nitrogens with zero attached hydrogens (tertiary/aromatic N) is 1. The summed E-state index contributed by atoms with van der Waals surface area (Å²) in [7, 11) is 0. The normalized spacial score (nSPS) is 23.4. The molecule has 2 heteroatoms. The van der Waals surface area contributed by atoms with Crippen LogP contribution in [-0.4, -0.2) is 11.5 Å². The minimum atomic E-state index is 0.447. The minimum Gasteiger partial charge on any atom is -0.300 e. The zero-order chi connectivity index (χ0) is 22.5. The Labute approximate surface area is 194 Å². The topological polar surface area (TPSA) is 29.4 Å². The molecule has 1 aromatic carbocycles. The van der Waals surface area contributed by atoms with Crippen molar-refractivity contribution in [3.05, 3.63) is 70.0 Å². The van der Waals surface area contributed by atoms with Crippen LogP contribution in [0.1, 0.15) is 86.5 Å². The number of aliphatic imine (C=N–C) groups is 1. The molecule has 3 aliphatic rings. The van der Waals surface area contributed by atoms with Gasteiger partial charge in [0, 0.05) is 25.0 Å². The van der Waals surface area contributed by atoms with Crippen molar-refractivity contribution in [2.45, 2.75) is 91.4 Å². The Balaban J connectivity index is 1.33. The highest BCUT2D eigenvalue weighted by atomic mass is 16.1. The third kappa shape index (κ3) is 5.57. The first kappa shape index (κ1) is 23.0. The minimum absolute atomic E-state index is 0.447. The van der Waals surface area contributed by atoms with Gasteiger partial charge >= 0.3 is 0 Å². The van der Waals surface area contributed by atoms with Crippen LogP contribution in [0.2, 0.25) is 0 Å². The average molecular weight is 430 g/mol. The highest BCUT2D eigenvalue weighted by Crippen LogP contribution is 2.35. The molecule has 2 atom stereocenters. The number of rotatable bonds is 6. The molecular weight excluding hydrogens is 390 g/mol. The van der Waals surface area contributed by atoms with Crippen LogP contribution in [0.15, 0.2) is 52.7 Å². The van der Waals surface area contributed by atoms with Gasteiger partial charge in [-0.05, 0) is 93.9 Å². The Hall–Kier alpha value is -2.22. The number of ketones is 1. The molecule has 1 unspecified atom stereocenters. The van der Waals surface area contributed by atoms with Crippen molar-refractivity contribution >= 4 is 11.5 Å². The summed E-state index contributed by atoms with van der Waals surface area (Å²) in [4.78, 5) is 17.8. The molecule has 170 valence electrons. The SMILES string of the molecule is Cc1cc(C)c(CCC(=O)C[C@@H]2CCCC(C3=NC=CCC4=C3C=CCC4)CC2)c(C)c1. The standard InChI is InChI=1S/C30H39NO/c1-21-18-22(2)28(23(3)19-21)16-15-27(32)20-24-8-6-10-26(14-13-24)30-29-12-5-4-9-25(29)11-7-17-31-30/h5,7,12,17-19,24,26H,4,6,8-11,13-16,20H2,1-3H3/t24-,26?/m1/s1. The van der Waals surface area contributed by atoms with Crippen molar-refractivity contribution in [3.63, 3.8) is 0 Å². The number of hydrogen-bond acceptors (Lipinski definition) is 2. The second-order valence-corrected chi connectivity index (χ2v) is 10.3. The van der Waals surface area contributed by atoms with Crippen molar-refractivity contribution in [1.82, 2.24) is 0 Å². The molecule has 1 saturated carbocycles. The maximum atomic E-state index is 12.9. The molecule has 1 aliphatic heterocycles. The quantitative estimate of drug-likeness (QED) is 0.426. The number of hydrogen-bond donors (Lipinski definition) is 0. The average Bonchev–Trinajstić information content (AvgIpc) is 3.11. The summed E-state index contributed by atoms with van der Waals surface area (Å²) in [6, 6.07) is 4.48.